The Morgan fingerprint density at radius 3 is 2.55 bits per heavy atom. The van der Waals surface area contributed by atoms with Gasteiger partial charge >= 0.3 is 0 Å². The summed E-state index contributed by atoms with van der Waals surface area (Å²) in [4.78, 5) is 27.1. The summed E-state index contributed by atoms with van der Waals surface area (Å²) in [5, 5.41) is 13.7. The number of nitro groups is 1. The van der Waals surface area contributed by atoms with Crippen molar-refractivity contribution in [3.63, 3.8) is 0 Å². The third kappa shape index (κ3) is 4.53. The highest BCUT2D eigenvalue weighted by atomic mass is 16.6. The molecule has 2 aromatic carbocycles. The van der Waals surface area contributed by atoms with Gasteiger partial charge in [0.25, 0.3) is 11.6 Å². The number of ether oxygens (including phenoxy) is 1. The normalized spacial score (nSPS) is 10.8. The standard InChI is InChI=1S/C23H20N4O4/c1-15-3-6-18(11-16(15)2)24-23(28)14-31-20-8-4-17(5-9-20)21-13-26-12-19(27(29)30)7-10-22(26)25-21/h3-13H,14H2,1-2H3,(H,24,28). The van der Waals surface area contributed by atoms with Crippen molar-refractivity contribution >= 4 is 22.9 Å². The second-order valence-electron chi connectivity index (χ2n) is 7.20. The molecule has 0 fully saturated rings. The minimum Gasteiger partial charge on any atom is -0.484 e. The van der Waals surface area contributed by atoms with E-state index in [1.165, 1.54) is 12.3 Å². The van der Waals surface area contributed by atoms with Crippen LogP contribution < -0.4 is 10.1 Å². The fourth-order valence-corrected chi connectivity index (χ4v) is 3.11. The lowest BCUT2D eigenvalue weighted by Gasteiger charge is -2.09. The van der Waals surface area contributed by atoms with Crippen LogP contribution in [0.25, 0.3) is 16.9 Å². The Hall–Kier alpha value is -4.20. The highest BCUT2D eigenvalue weighted by Crippen LogP contribution is 2.23. The van der Waals surface area contributed by atoms with Crippen molar-refractivity contribution in [1.29, 1.82) is 0 Å². The number of carbonyl (C=O) groups is 1. The van der Waals surface area contributed by atoms with Crippen molar-refractivity contribution in [2.24, 2.45) is 0 Å². The third-order valence-corrected chi connectivity index (χ3v) is 4.96. The SMILES string of the molecule is Cc1ccc(NC(=O)COc2ccc(-c3cn4cc([N+](=O)[O-])ccc4n3)cc2)cc1C. The van der Waals surface area contributed by atoms with Crippen LogP contribution in [0.15, 0.2) is 67.0 Å². The number of anilines is 1. The molecule has 0 unspecified atom stereocenters. The van der Waals surface area contributed by atoms with E-state index < -0.39 is 4.92 Å². The van der Waals surface area contributed by atoms with Crippen molar-refractivity contribution in [2.75, 3.05) is 11.9 Å². The number of imidazole rings is 1. The number of hydrogen-bond acceptors (Lipinski definition) is 5. The van der Waals surface area contributed by atoms with E-state index in [4.69, 9.17) is 4.74 Å². The maximum absolute atomic E-state index is 12.1. The fourth-order valence-electron chi connectivity index (χ4n) is 3.11. The van der Waals surface area contributed by atoms with E-state index in [9.17, 15) is 14.9 Å². The average molecular weight is 416 g/mol. The summed E-state index contributed by atoms with van der Waals surface area (Å²) in [5.74, 6) is 0.313. The van der Waals surface area contributed by atoms with Crippen molar-refractivity contribution in [2.45, 2.75) is 13.8 Å². The Bertz CT molecular complexity index is 1280. The predicted octanol–water partition coefficient (Wildman–Crippen LogP) is 4.54. The molecule has 2 heterocycles. The molecule has 2 aromatic heterocycles. The van der Waals surface area contributed by atoms with Crippen LogP contribution in [0.2, 0.25) is 0 Å². The molecule has 0 radical (unpaired) electrons. The molecule has 4 aromatic rings. The number of benzene rings is 2. The second kappa shape index (κ2) is 8.27. The van der Waals surface area contributed by atoms with Gasteiger partial charge in [-0.3, -0.25) is 19.3 Å². The van der Waals surface area contributed by atoms with E-state index in [-0.39, 0.29) is 18.2 Å². The maximum atomic E-state index is 12.1. The van der Waals surface area contributed by atoms with Crippen LogP contribution in [0, 0.1) is 24.0 Å². The summed E-state index contributed by atoms with van der Waals surface area (Å²) in [7, 11) is 0. The number of nitrogens with zero attached hydrogens (tertiary/aromatic N) is 3. The van der Waals surface area contributed by atoms with E-state index in [1.54, 1.807) is 28.8 Å². The molecular formula is C23H20N4O4. The number of pyridine rings is 1. The Labute approximate surface area is 178 Å². The van der Waals surface area contributed by atoms with E-state index in [0.717, 1.165) is 22.4 Å². The zero-order valence-electron chi connectivity index (χ0n) is 17.0. The van der Waals surface area contributed by atoms with E-state index in [2.05, 4.69) is 10.3 Å². The number of aryl methyl sites for hydroxylation is 2. The van der Waals surface area contributed by atoms with E-state index >= 15 is 0 Å². The molecule has 31 heavy (non-hydrogen) atoms. The molecule has 8 nitrogen and oxygen atoms in total. The highest BCUT2D eigenvalue weighted by molar-refractivity contribution is 5.92. The summed E-state index contributed by atoms with van der Waals surface area (Å²) in [6, 6.07) is 15.9. The molecule has 0 aliphatic carbocycles. The number of aromatic nitrogens is 2. The second-order valence-corrected chi connectivity index (χ2v) is 7.20. The highest BCUT2D eigenvalue weighted by Gasteiger charge is 2.10. The van der Waals surface area contributed by atoms with Gasteiger partial charge in [-0.1, -0.05) is 6.07 Å². The number of nitrogens with one attached hydrogen (secondary N) is 1. The molecule has 1 amide bonds. The van der Waals surface area contributed by atoms with Crippen molar-refractivity contribution in [1.82, 2.24) is 9.38 Å². The average Bonchev–Trinajstić information content (AvgIpc) is 3.18. The molecule has 0 saturated carbocycles. The van der Waals surface area contributed by atoms with Gasteiger partial charge in [-0.2, -0.15) is 0 Å². The molecule has 8 heteroatoms. The van der Waals surface area contributed by atoms with Crippen LogP contribution in [0.4, 0.5) is 11.4 Å². The first-order valence-corrected chi connectivity index (χ1v) is 9.62. The summed E-state index contributed by atoms with van der Waals surface area (Å²) in [6.07, 6.45) is 3.16. The number of hydrogen-bond donors (Lipinski definition) is 1. The first-order chi connectivity index (χ1) is 14.9. The first-order valence-electron chi connectivity index (χ1n) is 9.62. The van der Waals surface area contributed by atoms with Gasteiger partial charge in [0, 0.05) is 23.5 Å². The lowest BCUT2D eigenvalue weighted by atomic mass is 10.1. The zero-order valence-corrected chi connectivity index (χ0v) is 17.0. The quantitative estimate of drug-likeness (QED) is 0.367. The van der Waals surface area contributed by atoms with Gasteiger partial charge in [0.15, 0.2) is 6.61 Å². The molecule has 0 atom stereocenters. The number of rotatable bonds is 6. The summed E-state index contributed by atoms with van der Waals surface area (Å²) in [6.45, 7) is 3.90. The maximum Gasteiger partial charge on any atom is 0.286 e. The molecule has 0 saturated heterocycles. The molecule has 0 aliphatic rings. The Morgan fingerprint density at radius 1 is 1.06 bits per heavy atom. The lowest BCUT2D eigenvalue weighted by Crippen LogP contribution is -2.20. The third-order valence-electron chi connectivity index (χ3n) is 4.96. The predicted molar refractivity (Wildman–Crippen MR) is 117 cm³/mol. The van der Waals surface area contributed by atoms with Crippen LogP contribution >= 0.6 is 0 Å². The zero-order chi connectivity index (χ0) is 22.0. The van der Waals surface area contributed by atoms with Gasteiger partial charge in [-0.15, -0.1) is 0 Å². The number of fused-ring (bicyclic) bond motifs is 1. The topological polar surface area (TPSA) is 98.8 Å². The van der Waals surface area contributed by atoms with Crippen LogP contribution in [0.5, 0.6) is 5.75 Å². The Morgan fingerprint density at radius 2 is 1.84 bits per heavy atom. The summed E-state index contributed by atoms with van der Waals surface area (Å²) in [5.41, 5.74) is 5.13. The van der Waals surface area contributed by atoms with Crippen LogP contribution in [-0.4, -0.2) is 26.8 Å². The van der Waals surface area contributed by atoms with Gasteiger partial charge in [-0.05, 0) is 67.4 Å². The minimum absolute atomic E-state index is 0.000674. The number of amides is 1. The minimum atomic E-state index is -0.443. The van der Waals surface area contributed by atoms with Gasteiger partial charge < -0.3 is 10.1 Å². The van der Waals surface area contributed by atoms with Gasteiger partial charge in [0.2, 0.25) is 0 Å². The van der Waals surface area contributed by atoms with Gasteiger partial charge in [0.1, 0.15) is 11.4 Å². The molecule has 4 rings (SSSR count). The molecule has 1 N–H and O–H groups in total. The van der Waals surface area contributed by atoms with Crippen molar-refractivity contribution in [3.8, 4) is 17.0 Å². The Balaban J connectivity index is 1.40. The first kappa shape index (κ1) is 20.1. The van der Waals surface area contributed by atoms with Crippen molar-refractivity contribution in [3.05, 3.63) is 88.2 Å². The fraction of sp³-hybridized carbons (Fsp3) is 0.130. The monoisotopic (exact) mass is 416 g/mol. The van der Waals surface area contributed by atoms with Crippen LogP contribution in [0.3, 0.4) is 0 Å². The Kier molecular flexibility index (Phi) is 5.36. The molecule has 156 valence electrons. The molecule has 0 aliphatic heterocycles. The van der Waals surface area contributed by atoms with E-state index in [1.807, 2.05) is 44.2 Å². The van der Waals surface area contributed by atoms with Crippen LogP contribution in [0.1, 0.15) is 11.1 Å². The lowest BCUT2D eigenvalue weighted by molar-refractivity contribution is -0.385. The van der Waals surface area contributed by atoms with Crippen molar-refractivity contribution < 1.29 is 14.5 Å². The number of carbonyl (C=O) groups excluding carboxylic acids is 1. The van der Waals surface area contributed by atoms with Gasteiger partial charge in [-0.25, -0.2) is 4.98 Å². The molecular weight excluding hydrogens is 396 g/mol. The van der Waals surface area contributed by atoms with Gasteiger partial charge in [0.05, 0.1) is 16.8 Å². The van der Waals surface area contributed by atoms with Crippen LogP contribution in [-0.2, 0) is 4.79 Å². The molecule has 0 spiro atoms. The van der Waals surface area contributed by atoms with E-state index in [0.29, 0.717) is 17.1 Å². The summed E-state index contributed by atoms with van der Waals surface area (Å²) < 4.78 is 7.19. The smallest absolute Gasteiger partial charge is 0.286 e. The summed E-state index contributed by atoms with van der Waals surface area (Å²) >= 11 is 0. The largest absolute Gasteiger partial charge is 0.484 e. The molecule has 0 bridgehead atoms.